The van der Waals surface area contributed by atoms with Crippen LogP contribution in [0.25, 0.3) is 11.0 Å². The molecule has 0 saturated carbocycles. The Morgan fingerprint density at radius 2 is 1.83 bits per heavy atom. The van der Waals surface area contributed by atoms with Crippen molar-refractivity contribution < 1.29 is 14.2 Å². The number of para-hydroxylation sites is 1. The summed E-state index contributed by atoms with van der Waals surface area (Å²) < 4.78 is 5.27. The zero-order chi connectivity index (χ0) is 16.9. The molecule has 0 bridgehead atoms. The Kier molecular flexibility index (Phi) is 4.91. The van der Waals surface area contributed by atoms with Crippen molar-refractivity contribution in [3.8, 4) is 0 Å². The highest BCUT2D eigenvalue weighted by atomic mass is 16.5. The highest BCUT2D eigenvalue weighted by Crippen LogP contribution is 2.18. The van der Waals surface area contributed by atoms with Crippen LogP contribution in [0.3, 0.4) is 0 Å². The van der Waals surface area contributed by atoms with Crippen LogP contribution in [0.15, 0.2) is 59.1 Å². The third-order valence-corrected chi connectivity index (χ3v) is 3.93. The number of carbonyl (C=O) groups is 1. The van der Waals surface area contributed by atoms with Gasteiger partial charge >= 0.3 is 0 Å². The van der Waals surface area contributed by atoms with Gasteiger partial charge in [-0.2, -0.15) is 0 Å². The summed E-state index contributed by atoms with van der Waals surface area (Å²) in [5.41, 5.74) is 2.49. The molecule has 0 aliphatic rings. The van der Waals surface area contributed by atoms with Gasteiger partial charge in [0, 0.05) is 5.39 Å². The standard InChI is InChI=1S/C19H21N3O2/c1-22(2)13-17(14-8-4-3-5-9-14)20-19(23)12-16-15-10-6-7-11-18(15)24-21-16/h3-11,17H,12-13H2,1-2H3,(H,20,23)/p+1/t17-/m0/s1. The van der Waals surface area contributed by atoms with Crippen molar-refractivity contribution in [1.29, 1.82) is 0 Å². The number of aromatic nitrogens is 1. The summed E-state index contributed by atoms with van der Waals surface area (Å²) in [6, 6.07) is 17.6. The smallest absolute Gasteiger partial charge is 0.226 e. The van der Waals surface area contributed by atoms with Crippen LogP contribution in [0, 0.1) is 0 Å². The lowest BCUT2D eigenvalue weighted by molar-refractivity contribution is -0.860. The Morgan fingerprint density at radius 3 is 2.58 bits per heavy atom. The first kappa shape index (κ1) is 16.2. The Morgan fingerprint density at radius 1 is 1.12 bits per heavy atom. The molecular weight excluding hydrogens is 302 g/mol. The zero-order valence-corrected chi connectivity index (χ0v) is 14.0. The van der Waals surface area contributed by atoms with Crippen LogP contribution in [0.2, 0.25) is 0 Å². The maximum atomic E-state index is 12.5. The predicted molar refractivity (Wildman–Crippen MR) is 92.7 cm³/mol. The molecule has 0 radical (unpaired) electrons. The number of likely N-dealkylation sites (N-methyl/N-ethyl adjacent to an activating group) is 1. The van der Waals surface area contributed by atoms with Crippen molar-refractivity contribution in [1.82, 2.24) is 10.5 Å². The van der Waals surface area contributed by atoms with Crippen LogP contribution < -0.4 is 10.2 Å². The monoisotopic (exact) mass is 324 g/mol. The van der Waals surface area contributed by atoms with Crippen LogP contribution in [0.1, 0.15) is 17.3 Å². The summed E-state index contributed by atoms with van der Waals surface area (Å²) >= 11 is 0. The molecule has 2 N–H and O–H groups in total. The number of benzene rings is 2. The van der Waals surface area contributed by atoms with Crippen molar-refractivity contribution in [2.24, 2.45) is 0 Å². The molecular formula is C19H22N3O2+. The van der Waals surface area contributed by atoms with E-state index in [-0.39, 0.29) is 18.4 Å². The first-order valence-electron chi connectivity index (χ1n) is 8.10. The number of fused-ring (bicyclic) bond motifs is 1. The van der Waals surface area contributed by atoms with E-state index in [1.54, 1.807) is 0 Å². The van der Waals surface area contributed by atoms with Gasteiger partial charge < -0.3 is 14.7 Å². The summed E-state index contributed by atoms with van der Waals surface area (Å²) in [6.45, 7) is 0.815. The van der Waals surface area contributed by atoms with Crippen molar-refractivity contribution in [2.75, 3.05) is 20.6 Å². The van der Waals surface area contributed by atoms with E-state index in [1.165, 1.54) is 4.90 Å². The third-order valence-electron chi connectivity index (χ3n) is 3.93. The van der Waals surface area contributed by atoms with Crippen LogP contribution in [0.5, 0.6) is 0 Å². The Hall–Kier alpha value is -2.66. The molecule has 1 heterocycles. The van der Waals surface area contributed by atoms with Crippen LogP contribution in [-0.4, -0.2) is 31.7 Å². The molecule has 2 aromatic carbocycles. The molecule has 124 valence electrons. The fourth-order valence-corrected chi connectivity index (χ4v) is 2.81. The average Bonchev–Trinajstić information content (AvgIpc) is 2.98. The number of carbonyl (C=O) groups excluding carboxylic acids is 1. The maximum Gasteiger partial charge on any atom is 0.226 e. The number of quaternary nitrogens is 1. The molecule has 24 heavy (non-hydrogen) atoms. The lowest BCUT2D eigenvalue weighted by Gasteiger charge is -2.20. The fourth-order valence-electron chi connectivity index (χ4n) is 2.81. The number of nitrogens with zero attached hydrogens (tertiary/aromatic N) is 1. The normalized spacial score (nSPS) is 12.5. The number of nitrogens with one attached hydrogen (secondary N) is 2. The summed E-state index contributed by atoms with van der Waals surface area (Å²) in [6.07, 6.45) is 0.211. The Labute approximate surface area is 141 Å². The van der Waals surface area contributed by atoms with Gasteiger partial charge in [-0.15, -0.1) is 0 Å². The molecule has 1 atom stereocenters. The van der Waals surface area contributed by atoms with Crippen LogP contribution >= 0.6 is 0 Å². The second-order valence-electron chi connectivity index (χ2n) is 6.24. The quantitative estimate of drug-likeness (QED) is 0.720. The van der Waals surface area contributed by atoms with Crippen molar-refractivity contribution in [2.45, 2.75) is 12.5 Å². The van der Waals surface area contributed by atoms with Gasteiger partial charge in [0.2, 0.25) is 5.91 Å². The maximum absolute atomic E-state index is 12.5. The van der Waals surface area contributed by atoms with Crippen molar-refractivity contribution in [3.05, 3.63) is 65.9 Å². The van der Waals surface area contributed by atoms with E-state index in [4.69, 9.17) is 4.52 Å². The third kappa shape index (κ3) is 3.81. The molecule has 0 fully saturated rings. The lowest BCUT2D eigenvalue weighted by Crippen LogP contribution is -3.06. The highest BCUT2D eigenvalue weighted by Gasteiger charge is 2.19. The number of amides is 1. The first-order valence-corrected chi connectivity index (χ1v) is 8.10. The minimum absolute atomic E-state index is 0.0261. The number of rotatable bonds is 6. The Balaban J connectivity index is 1.73. The highest BCUT2D eigenvalue weighted by molar-refractivity contribution is 5.86. The number of hydrogen-bond acceptors (Lipinski definition) is 3. The lowest BCUT2D eigenvalue weighted by atomic mass is 10.1. The van der Waals surface area contributed by atoms with Gasteiger partial charge in [0.25, 0.3) is 0 Å². The van der Waals surface area contributed by atoms with Gasteiger partial charge in [0.05, 0.1) is 20.5 Å². The molecule has 0 spiro atoms. The summed E-state index contributed by atoms with van der Waals surface area (Å²) in [5.74, 6) is -0.0517. The average molecular weight is 324 g/mol. The zero-order valence-electron chi connectivity index (χ0n) is 14.0. The van der Waals surface area contributed by atoms with Crippen LogP contribution in [-0.2, 0) is 11.2 Å². The molecule has 0 saturated heterocycles. The fraction of sp³-hybridized carbons (Fsp3) is 0.263. The van der Waals surface area contributed by atoms with E-state index in [2.05, 4.69) is 24.6 Å². The molecule has 5 nitrogen and oxygen atoms in total. The van der Waals surface area contributed by atoms with Gasteiger partial charge in [0.15, 0.2) is 5.58 Å². The minimum Gasteiger partial charge on any atom is -0.356 e. The van der Waals surface area contributed by atoms with Crippen molar-refractivity contribution in [3.63, 3.8) is 0 Å². The van der Waals surface area contributed by atoms with Gasteiger partial charge in [-0.05, 0) is 17.7 Å². The topological polar surface area (TPSA) is 59.6 Å². The molecule has 3 rings (SSSR count). The second kappa shape index (κ2) is 7.27. The molecule has 0 unspecified atom stereocenters. The van der Waals surface area contributed by atoms with Gasteiger partial charge in [-0.1, -0.05) is 47.6 Å². The van der Waals surface area contributed by atoms with E-state index in [0.717, 1.165) is 17.5 Å². The largest absolute Gasteiger partial charge is 0.356 e. The summed E-state index contributed by atoms with van der Waals surface area (Å²) in [7, 11) is 4.15. The van der Waals surface area contributed by atoms with E-state index in [1.807, 2.05) is 54.6 Å². The second-order valence-corrected chi connectivity index (χ2v) is 6.24. The van der Waals surface area contributed by atoms with E-state index in [0.29, 0.717) is 11.3 Å². The Bertz CT molecular complexity index is 812. The van der Waals surface area contributed by atoms with E-state index >= 15 is 0 Å². The minimum atomic E-state index is -0.0517. The summed E-state index contributed by atoms with van der Waals surface area (Å²) in [5, 5.41) is 8.05. The summed E-state index contributed by atoms with van der Waals surface area (Å²) in [4.78, 5) is 13.8. The molecule has 1 amide bonds. The predicted octanol–water partition coefficient (Wildman–Crippen LogP) is 1.37. The van der Waals surface area contributed by atoms with Crippen molar-refractivity contribution >= 4 is 16.9 Å². The van der Waals surface area contributed by atoms with E-state index < -0.39 is 0 Å². The van der Waals surface area contributed by atoms with Gasteiger partial charge in [0.1, 0.15) is 18.3 Å². The molecule has 1 aromatic heterocycles. The van der Waals surface area contributed by atoms with E-state index in [9.17, 15) is 4.79 Å². The number of hydrogen-bond donors (Lipinski definition) is 2. The first-order chi connectivity index (χ1) is 11.6. The molecule has 3 aromatic rings. The molecule has 0 aliphatic heterocycles. The van der Waals surface area contributed by atoms with Gasteiger partial charge in [-0.25, -0.2) is 0 Å². The van der Waals surface area contributed by atoms with Crippen LogP contribution in [0.4, 0.5) is 0 Å². The SMILES string of the molecule is C[NH+](C)C[C@H](NC(=O)Cc1noc2ccccc12)c1ccccc1. The molecule has 5 heteroatoms. The van der Waals surface area contributed by atoms with Gasteiger partial charge in [-0.3, -0.25) is 4.79 Å². The molecule has 0 aliphatic carbocycles.